The maximum atomic E-state index is 9.60. The first-order valence-electron chi connectivity index (χ1n) is 7.12. The van der Waals surface area contributed by atoms with E-state index >= 15 is 0 Å². The van der Waals surface area contributed by atoms with Gasteiger partial charge in [0, 0.05) is 15.8 Å². The highest BCUT2D eigenvalue weighted by Gasteiger charge is 2.17. The molecule has 0 radical (unpaired) electrons. The summed E-state index contributed by atoms with van der Waals surface area (Å²) in [4.78, 5) is 4.71. The van der Waals surface area contributed by atoms with Crippen molar-refractivity contribution in [2.24, 2.45) is 0 Å². The van der Waals surface area contributed by atoms with Crippen molar-refractivity contribution in [3.63, 3.8) is 0 Å². The van der Waals surface area contributed by atoms with Crippen LogP contribution >= 0.6 is 23.1 Å². The molecule has 2 aromatic rings. The fraction of sp³-hybridized carbons (Fsp3) is 0.353. The molecular weight excluding hydrogens is 296 g/mol. The molecule has 0 bridgehead atoms. The summed E-state index contributed by atoms with van der Waals surface area (Å²) in [6, 6.07) is 13.1. The maximum absolute atomic E-state index is 9.60. The first-order valence-corrected chi connectivity index (χ1v) is 8.98. The zero-order valence-electron chi connectivity index (χ0n) is 12.7. The molecule has 0 aliphatic carbocycles. The molecule has 2 nitrogen and oxygen atoms in total. The van der Waals surface area contributed by atoms with Crippen LogP contribution in [0, 0.1) is 11.3 Å². The van der Waals surface area contributed by atoms with Crippen molar-refractivity contribution in [1.82, 2.24) is 0 Å². The highest BCUT2D eigenvalue weighted by molar-refractivity contribution is 7.99. The van der Waals surface area contributed by atoms with Crippen molar-refractivity contribution < 1.29 is 0 Å². The number of thioether (sulfide) groups is 1. The second-order valence-electron chi connectivity index (χ2n) is 5.00. The van der Waals surface area contributed by atoms with Crippen molar-refractivity contribution in [3.05, 3.63) is 46.2 Å². The third kappa shape index (κ3) is 3.81. The molecule has 1 heterocycles. The van der Waals surface area contributed by atoms with Crippen LogP contribution in [0.1, 0.15) is 31.2 Å². The van der Waals surface area contributed by atoms with E-state index in [0.717, 1.165) is 28.4 Å². The summed E-state index contributed by atoms with van der Waals surface area (Å²) in [5.41, 5.74) is 1.84. The molecule has 0 atom stereocenters. The highest BCUT2D eigenvalue weighted by Crippen LogP contribution is 2.32. The van der Waals surface area contributed by atoms with E-state index in [1.807, 2.05) is 6.07 Å². The molecule has 21 heavy (non-hydrogen) atoms. The lowest BCUT2D eigenvalue weighted by Crippen LogP contribution is -2.30. The Morgan fingerprint density at radius 3 is 2.67 bits per heavy atom. The molecule has 0 saturated carbocycles. The van der Waals surface area contributed by atoms with E-state index in [0.29, 0.717) is 6.04 Å². The molecular formula is C17H20N2S2. The molecule has 110 valence electrons. The van der Waals surface area contributed by atoms with Crippen molar-refractivity contribution in [3.8, 4) is 6.07 Å². The van der Waals surface area contributed by atoms with Gasteiger partial charge in [-0.2, -0.15) is 5.26 Å². The number of hydrogen-bond donors (Lipinski definition) is 0. The molecule has 1 aromatic carbocycles. The summed E-state index contributed by atoms with van der Waals surface area (Å²) < 4.78 is 0. The van der Waals surface area contributed by atoms with Crippen LogP contribution in [0.4, 0.5) is 5.69 Å². The Morgan fingerprint density at radius 2 is 2.10 bits per heavy atom. The van der Waals surface area contributed by atoms with Crippen LogP contribution in [0.15, 0.2) is 40.6 Å². The Bertz CT molecular complexity index is 612. The van der Waals surface area contributed by atoms with Gasteiger partial charge in [0.1, 0.15) is 6.07 Å². The van der Waals surface area contributed by atoms with Gasteiger partial charge in [-0.1, -0.05) is 19.1 Å². The Morgan fingerprint density at radius 1 is 1.29 bits per heavy atom. The second kappa shape index (κ2) is 7.53. The Hall–Kier alpha value is -1.44. The van der Waals surface area contributed by atoms with Crippen LogP contribution in [0.3, 0.4) is 0 Å². The first kappa shape index (κ1) is 15.9. The zero-order valence-corrected chi connectivity index (χ0v) is 14.3. The summed E-state index contributed by atoms with van der Waals surface area (Å²) >= 11 is 3.49. The Balaban J connectivity index is 2.40. The SMILES string of the molecule is CCSc1cccc(N(Cc2cccs2)C(C)C)c1C#N. The minimum Gasteiger partial charge on any atom is -0.363 e. The predicted octanol–water partition coefficient (Wildman–Crippen LogP) is 5.15. The van der Waals surface area contributed by atoms with Crippen molar-refractivity contribution in [1.29, 1.82) is 5.26 Å². The lowest BCUT2D eigenvalue weighted by Gasteiger charge is -2.30. The molecule has 0 amide bonds. The summed E-state index contributed by atoms with van der Waals surface area (Å²) in [6.45, 7) is 7.32. The van der Waals surface area contributed by atoms with Gasteiger partial charge in [0.25, 0.3) is 0 Å². The van der Waals surface area contributed by atoms with Gasteiger partial charge in [0.2, 0.25) is 0 Å². The van der Waals surface area contributed by atoms with Gasteiger partial charge in [-0.15, -0.1) is 23.1 Å². The molecule has 0 unspecified atom stereocenters. The number of nitrogens with zero attached hydrogens (tertiary/aromatic N) is 2. The smallest absolute Gasteiger partial charge is 0.103 e. The van der Waals surface area contributed by atoms with E-state index in [2.05, 4.69) is 61.4 Å². The largest absolute Gasteiger partial charge is 0.363 e. The van der Waals surface area contributed by atoms with Crippen LogP contribution in [-0.4, -0.2) is 11.8 Å². The first-order chi connectivity index (χ1) is 10.2. The molecule has 1 aromatic heterocycles. The highest BCUT2D eigenvalue weighted by atomic mass is 32.2. The van der Waals surface area contributed by atoms with Crippen molar-refractivity contribution in [2.45, 2.75) is 38.3 Å². The topological polar surface area (TPSA) is 27.0 Å². The summed E-state index contributed by atoms with van der Waals surface area (Å²) in [6.07, 6.45) is 0. The summed E-state index contributed by atoms with van der Waals surface area (Å²) in [7, 11) is 0. The molecule has 0 aliphatic heterocycles. The lowest BCUT2D eigenvalue weighted by atomic mass is 10.1. The zero-order chi connectivity index (χ0) is 15.2. The molecule has 4 heteroatoms. The average Bonchev–Trinajstić information content (AvgIpc) is 2.97. The van der Waals surface area contributed by atoms with Crippen LogP contribution in [0.5, 0.6) is 0 Å². The van der Waals surface area contributed by atoms with Crippen LogP contribution in [0.25, 0.3) is 0 Å². The van der Waals surface area contributed by atoms with Crippen LogP contribution in [-0.2, 0) is 6.54 Å². The normalized spacial score (nSPS) is 10.6. The standard InChI is InChI=1S/C17H20N2S2/c1-4-20-17-9-5-8-16(15(17)11-18)19(13(2)3)12-14-7-6-10-21-14/h5-10,13H,4,12H2,1-3H3. The van der Waals surface area contributed by atoms with E-state index in [1.54, 1.807) is 23.1 Å². The van der Waals surface area contributed by atoms with Crippen molar-refractivity contribution >= 4 is 28.8 Å². The Kier molecular flexibility index (Phi) is 5.72. The molecule has 0 aliphatic rings. The van der Waals surface area contributed by atoms with Gasteiger partial charge in [0.15, 0.2) is 0 Å². The third-order valence-corrected chi connectivity index (χ3v) is 5.06. The van der Waals surface area contributed by atoms with Crippen molar-refractivity contribution in [2.75, 3.05) is 10.7 Å². The fourth-order valence-corrected chi connectivity index (χ4v) is 3.75. The average molecular weight is 316 g/mol. The predicted molar refractivity (Wildman–Crippen MR) is 93.2 cm³/mol. The molecule has 2 rings (SSSR count). The molecule has 0 spiro atoms. The number of benzene rings is 1. The molecule has 0 fully saturated rings. The van der Waals surface area contributed by atoms with E-state index in [-0.39, 0.29) is 0 Å². The van der Waals surface area contributed by atoms with Gasteiger partial charge in [-0.05, 0) is 43.2 Å². The van der Waals surface area contributed by atoms with Crippen LogP contribution < -0.4 is 4.90 Å². The van der Waals surface area contributed by atoms with Gasteiger partial charge >= 0.3 is 0 Å². The fourth-order valence-electron chi connectivity index (χ4n) is 2.26. The number of rotatable bonds is 6. The monoisotopic (exact) mass is 316 g/mol. The quantitative estimate of drug-likeness (QED) is 0.690. The summed E-state index contributed by atoms with van der Waals surface area (Å²) in [5.74, 6) is 0.977. The van der Waals surface area contributed by atoms with E-state index in [4.69, 9.17) is 0 Å². The number of anilines is 1. The lowest BCUT2D eigenvalue weighted by molar-refractivity contribution is 0.685. The van der Waals surface area contributed by atoms with Gasteiger partial charge in [-0.25, -0.2) is 0 Å². The molecule has 0 saturated heterocycles. The van der Waals surface area contributed by atoms with Gasteiger partial charge in [-0.3, -0.25) is 0 Å². The number of hydrogen-bond acceptors (Lipinski definition) is 4. The van der Waals surface area contributed by atoms with Gasteiger partial charge < -0.3 is 4.90 Å². The molecule has 0 N–H and O–H groups in total. The van der Waals surface area contributed by atoms with Gasteiger partial charge in [0.05, 0.1) is 17.8 Å². The number of nitriles is 1. The number of thiophene rings is 1. The van der Waals surface area contributed by atoms with E-state index in [9.17, 15) is 5.26 Å². The van der Waals surface area contributed by atoms with E-state index in [1.165, 1.54) is 4.88 Å². The maximum Gasteiger partial charge on any atom is 0.103 e. The third-order valence-electron chi connectivity index (χ3n) is 3.25. The summed E-state index contributed by atoms with van der Waals surface area (Å²) in [5, 5.41) is 11.7. The minimum absolute atomic E-state index is 0.348. The van der Waals surface area contributed by atoms with Crippen LogP contribution in [0.2, 0.25) is 0 Å². The van der Waals surface area contributed by atoms with E-state index < -0.39 is 0 Å². The minimum atomic E-state index is 0.348. The second-order valence-corrected chi connectivity index (χ2v) is 7.33. The Labute approximate surface area is 135 Å².